The largest absolute Gasteiger partial charge is 0.488 e. The molecule has 0 aliphatic rings. The number of halogens is 2. The van der Waals surface area contributed by atoms with Crippen molar-refractivity contribution in [3.63, 3.8) is 0 Å². The molecule has 3 aromatic rings. The molecule has 5 nitrogen and oxygen atoms in total. The van der Waals surface area contributed by atoms with Crippen molar-refractivity contribution in [2.75, 3.05) is 5.32 Å². The van der Waals surface area contributed by atoms with E-state index in [4.69, 9.17) is 16.3 Å². The Hall–Kier alpha value is -3.33. The Morgan fingerprint density at radius 3 is 2.62 bits per heavy atom. The minimum absolute atomic E-state index is 0.0332. The quantitative estimate of drug-likeness (QED) is 0.222. The van der Waals surface area contributed by atoms with Crippen LogP contribution in [0.3, 0.4) is 0 Å². The van der Waals surface area contributed by atoms with Gasteiger partial charge >= 0.3 is 0 Å². The van der Waals surface area contributed by atoms with Crippen molar-refractivity contribution < 1.29 is 9.53 Å². The molecule has 1 amide bonds. The van der Waals surface area contributed by atoms with E-state index in [1.165, 1.54) is 6.08 Å². The molecule has 0 radical (unpaired) electrons. The van der Waals surface area contributed by atoms with Crippen molar-refractivity contribution in [3.8, 4) is 17.9 Å². The van der Waals surface area contributed by atoms with Crippen LogP contribution in [0.2, 0.25) is 5.02 Å². The zero-order chi connectivity index (χ0) is 23.1. The fourth-order valence-corrected chi connectivity index (χ4v) is 3.69. The highest BCUT2D eigenvalue weighted by Crippen LogP contribution is 2.25. The number of aryl methyl sites for hydroxylation is 1. The van der Waals surface area contributed by atoms with Gasteiger partial charge in [-0.3, -0.25) is 4.79 Å². The Kier molecular flexibility index (Phi) is 7.88. The van der Waals surface area contributed by atoms with Crippen molar-refractivity contribution in [2.45, 2.75) is 13.5 Å². The maximum absolute atomic E-state index is 12.5. The third-order valence-electron chi connectivity index (χ3n) is 4.58. The second-order valence-electron chi connectivity index (χ2n) is 6.84. The van der Waals surface area contributed by atoms with Crippen LogP contribution in [-0.2, 0) is 11.4 Å². The van der Waals surface area contributed by atoms with Crippen LogP contribution in [0.1, 0.15) is 22.3 Å². The summed E-state index contributed by atoms with van der Waals surface area (Å²) in [5.41, 5.74) is 3.44. The molecule has 0 heterocycles. The van der Waals surface area contributed by atoms with E-state index in [0.29, 0.717) is 27.6 Å². The lowest BCUT2D eigenvalue weighted by Crippen LogP contribution is -2.13. The normalized spacial score (nSPS) is 10.7. The molecule has 158 valence electrons. The van der Waals surface area contributed by atoms with Crippen LogP contribution in [0.25, 0.3) is 6.08 Å². The van der Waals surface area contributed by atoms with Gasteiger partial charge in [0.2, 0.25) is 0 Å². The predicted octanol–water partition coefficient (Wildman–Crippen LogP) is 6.25. The zero-order valence-corrected chi connectivity index (χ0v) is 19.9. The highest BCUT2D eigenvalue weighted by atomic mass is 127. The topological polar surface area (TPSA) is 85.9 Å². The van der Waals surface area contributed by atoms with Crippen molar-refractivity contribution >= 4 is 51.9 Å². The fraction of sp³-hybridized carbons (Fsp3) is 0.0800. The molecule has 0 atom stereocenters. The maximum atomic E-state index is 12.5. The van der Waals surface area contributed by atoms with Crippen LogP contribution in [0, 0.1) is 33.2 Å². The van der Waals surface area contributed by atoms with E-state index in [1.54, 1.807) is 36.4 Å². The molecule has 0 saturated heterocycles. The summed E-state index contributed by atoms with van der Waals surface area (Å²) < 4.78 is 6.68. The van der Waals surface area contributed by atoms with E-state index in [2.05, 4.69) is 34.0 Å². The summed E-state index contributed by atoms with van der Waals surface area (Å²) >= 11 is 8.23. The summed E-state index contributed by atoms with van der Waals surface area (Å²) in [5.74, 6) is 0.128. The number of anilines is 1. The van der Waals surface area contributed by atoms with Crippen molar-refractivity contribution in [2.24, 2.45) is 0 Å². The second kappa shape index (κ2) is 10.8. The lowest BCUT2D eigenvalue weighted by atomic mass is 10.1. The molecule has 3 rings (SSSR count). The molecule has 0 saturated carbocycles. The van der Waals surface area contributed by atoms with Gasteiger partial charge in [-0.05, 0) is 77.0 Å². The molecule has 0 aliphatic heterocycles. The number of nitriles is 2. The molecule has 7 heteroatoms. The lowest BCUT2D eigenvalue weighted by Gasteiger charge is -2.10. The Morgan fingerprint density at radius 2 is 1.94 bits per heavy atom. The molecular formula is C25H17ClIN3O2. The third-order valence-corrected chi connectivity index (χ3v) is 5.83. The first-order chi connectivity index (χ1) is 15.4. The van der Waals surface area contributed by atoms with Gasteiger partial charge < -0.3 is 10.1 Å². The lowest BCUT2D eigenvalue weighted by molar-refractivity contribution is -0.112. The van der Waals surface area contributed by atoms with Crippen LogP contribution in [0.15, 0.2) is 66.2 Å². The first kappa shape index (κ1) is 23.3. The summed E-state index contributed by atoms with van der Waals surface area (Å²) in [6.45, 7) is 2.13. The van der Waals surface area contributed by atoms with E-state index in [1.807, 2.05) is 37.3 Å². The summed E-state index contributed by atoms with van der Waals surface area (Å²) in [6.07, 6.45) is 1.52. The minimum atomic E-state index is -0.518. The van der Waals surface area contributed by atoms with Crippen LogP contribution in [0.4, 0.5) is 5.69 Å². The smallest absolute Gasteiger partial charge is 0.266 e. The molecular weight excluding hydrogens is 537 g/mol. The van der Waals surface area contributed by atoms with E-state index >= 15 is 0 Å². The Bertz CT molecular complexity index is 1290. The van der Waals surface area contributed by atoms with Crippen LogP contribution < -0.4 is 10.1 Å². The first-order valence-electron chi connectivity index (χ1n) is 9.51. The number of nitrogens with zero attached hydrogens (tertiary/aromatic N) is 2. The monoisotopic (exact) mass is 553 g/mol. The molecule has 3 aromatic carbocycles. The summed E-state index contributed by atoms with van der Waals surface area (Å²) in [6, 6.07) is 21.9. The third kappa shape index (κ3) is 5.88. The van der Waals surface area contributed by atoms with E-state index < -0.39 is 5.91 Å². The predicted molar refractivity (Wildman–Crippen MR) is 133 cm³/mol. The maximum Gasteiger partial charge on any atom is 0.266 e. The number of rotatable bonds is 6. The summed E-state index contributed by atoms with van der Waals surface area (Å²) in [4.78, 5) is 12.5. The number of benzene rings is 3. The van der Waals surface area contributed by atoms with Gasteiger partial charge in [0.05, 0.1) is 15.2 Å². The number of hydrogen-bond acceptors (Lipinski definition) is 4. The molecule has 0 spiro atoms. The van der Waals surface area contributed by atoms with Gasteiger partial charge in [-0.15, -0.1) is 0 Å². The molecule has 0 fully saturated rings. The highest BCUT2D eigenvalue weighted by molar-refractivity contribution is 14.1. The van der Waals surface area contributed by atoms with Gasteiger partial charge in [0.1, 0.15) is 24.0 Å². The van der Waals surface area contributed by atoms with Gasteiger partial charge in [0, 0.05) is 16.3 Å². The Balaban J connectivity index is 1.73. The average Bonchev–Trinajstić information content (AvgIpc) is 2.79. The van der Waals surface area contributed by atoms with Gasteiger partial charge in [-0.1, -0.05) is 41.9 Å². The van der Waals surface area contributed by atoms with Crippen LogP contribution >= 0.6 is 34.2 Å². The van der Waals surface area contributed by atoms with E-state index in [0.717, 1.165) is 14.7 Å². The first-order valence-corrected chi connectivity index (χ1v) is 11.0. The molecule has 32 heavy (non-hydrogen) atoms. The summed E-state index contributed by atoms with van der Waals surface area (Å²) in [7, 11) is 0. The number of amides is 1. The SMILES string of the molecule is Cc1ccc(NC(=O)/C(C#N)=C\c2ccc(OCc3ccccc3C#N)c(I)c2)cc1Cl. The molecule has 0 aromatic heterocycles. The fourth-order valence-electron chi connectivity index (χ4n) is 2.82. The van der Waals surface area contributed by atoms with Crippen LogP contribution in [0.5, 0.6) is 5.75 Å². The van der Waals surface area contributed by atoms with Gasteiger partial charge in [0.15, 0.2) is 0 Å². The van der Waals surface area contributed by atoms with Gasteiger partial charge in [-0.2, -0.15) is 10.5 Å². The van der Waals surface area contributed by atoms with Gasteiger partial charge in [-0.25, -0.2) is 0 Å². The van der Waals surface area contributed by atoms with Crippen LogP contribution in [-0.4, -0.2) is 5.91 Å². The standard InChI is InChI=1S/C25H17ClIN3O2/c1-16-6-8-21(12-22(16)26)30-25(31)20(14-29)10-17-7-9-24(23(27)11-17)32-15-19-5-3-2-4-18(19)13-28/h2-12H,15H2,1H3,(H,30,31)/b20-10-. The number of nitrogens with one attached hydrogen (secondary N) is 1. The number of carbonyl (C=O) groups is 1. The second-order valence-corrected chi connectivity index (χ2v) is 8.40. The van der Waals surface area contributed by atoms with Crippen molar-refractivity contribution in [1.82, 2.24) is 0 Å². The van der Waals surface area contributed by atoms with Crippen molar-refractivity contribution in [3.05, 3.63) is 97.1 Å². The van der Waals surface area contributed by atoms with E-state index in [-0.39, 0.29) is 12.2 Å². The van der Waals surface area contributed by atoms with Crippen molar-refractivity contribution in [1.29, 1.82) is 10.5 Å². The zero-order valence-electron chi connectivity index (χ0n) is 17.0. The Morgan fingerprint density at radius 1 is 1.16 bits per heavy atom. The molecule has 0 aliphatic carbocycles. The molecule has 1 N–H and O–H groups in total. The van der Waals surface area contributed by atoms with Gasteiger partial charge in [0.25, 0.3) is 5.91 Å². The minimum Gasteiger partial charge on any atom is -0.488 e. The molecule has 0 bridgehead atoms. The molecule has 0 unspecified atom stereocenters. The number of ether oxygens (including phenoxy) is 1. The average molecular weight is 554 g/mol. The highest BCUT2D eigenvalue weighted by Gasteiger charge is 2.11. The summed E-state index contributed by atoms with van der Waals surface area (Å²) in [5, 5.41) is 21.9. The number of carbonyl (C=O) groups excluding carboxylic acids is 1. The number of hydrogen-bond donors (Lipinski definition) is 1. The van der Waals surface area contributed by atoms with E-state index in [9.17, 15) is 15.3 Å². The Labute approximate surface area is 205 Å².